The van der Waals surface area contributed by atoms with Gasteiger partial charge < -0.3 is 10.6 Å². The summed E-state index contributed by atoms with van der Waals surface area (Å²) in [6.07, 6.45) is 0. The minimum Gasteiger partial charge on any atom is -0.369 e. The van der Waals surface area contributed by atoms with Gasteiger partial charge in [0.05, 0.1) is 0 Å². The Balaban J connectivity index is 1.52. The Morgan fingerprint density at radius 3 is 2.24 bits per heavy atom. The summed E-state index contributed by atoms with van der Waals surface area (Å²) in [5, 5.41) is 0. The number of benzene rings is 3. The Morgan fingerprint density at radius 2 is 1.59 bits per heavy atom. The molecule has 1 amide bonds. The lowest BCUT2D eigenvalue weighted by Gasteiger charge is -2.36. The molecule has 0 atom stereocenters. The second-order valence-electron chi connectivity index (χ2n) is 7.05. The summed E-state index contributed by atoms with van der Waals surface area (Å²) in [6.45, 7) is 0.736. The van der Waals surface area contributed by atoms with E-state index >= 15 is 0 Å². The lowest BCUT2D eigenvalue weighted by atomic mass is 9.99. The molecule has 1 saturated heterocycles. The normalized spacial score (nSPS) is 16.2. The Kier molecular flexibility index (Phi) is 4.88. The molecule has 1 fully saturated rings. The fourth-order valence-electron chi connectivity index (χ4n) is 3.55. The first-order valence-corrected chi connectivity index (χ1v) is 9.61. The summed E-state index contributed by atoms with van der Waals surface area (Å²) in [5.41, 5.74) is 8.88. The van der Waals surface area contributed by atoms with Gasteiger partial charge in [-0.15, -0.1) is 0 Å². The SMILES string of the molecule is [2H]C([2H])(c1ccccc1-c1ccc(F)cc1)N1CCN(c2ccc(C(N)=O)cc2)CC1. The number of halogens is 1. The lowest BCUT2D eigenvalue weighted by molar-refractivity contribution is 0.100. The molecule has 0 spiro atoms. The van der Waals surface area contributed by atoms with Crippen LogP contribution in [-0.4, -0.2) is 37.0 Å². The number of nitrogens with zero attached hydrogens (tertiary/aromatic N) is 2. The molecule has 4 rings (SSSR count). The molecule has 1 aliphatic heterocycles. The molecule has 4 nitrogen and oxygen atoms in total. The molecule has 5 heteroatoms. The summed E-state index contributed by atoms with van der Waals surface area (Å²) in [6, 6.07) is 20.7. The van der Waals surface area contributed by atoms with Crippen molar-refractivity contribution in [1.29, 1.82) is 0 Å². The Bertz CT molecular complexity index is 1060. The summed E-state index contributed by atoms with van der Waals surface area (Å²) in [7, 11) is 0. The van der Waals surface area contributed by atoms with E-state index in [4.69, 9.17) is 8.48 Å². The highest BCUT2D eigenvalue weighted by molar-refractivity contribution is 5.93. The molecule has 0 saturated carbocycles. The molecule has 148 valence electrons. The van der Waals surface area contributed by atoms with Crippen LogP contribution >= 0.6 is 0 Å². The van der Waals surface area contributed by atoms with Gasteiger partial charge in [0.2, 0.25) is 5.91 Å². The van der Waals surface area contributed by atoms with E-state index in [1.54, 1.807) is 30.3 Å². The maximum Gasteiger partial charge on any atom is 0.248 e. The van der Waals surface area contributed by atoms with E-state index in [0.29, 0.717) is 37.3 Å². The summed E-state index contributed by atoms with van der Waals surface area (Å²) in [5.74, 6) is -0.770. The van der Waals surface area contributed by atoms with Crippen LogP contribution in [0.15, 0.2) is 72.8 Å². The number of hydrogen-bond donors (Lipinski definition) is 1. The molecule has 0 aromatic heterocycles. The molecule has 0 unspecified atom stereocenters. The van der Waals surface area contributed by atoms with Crippen molar-refractivity contribution in [3.8, 4) is 11.1 Å². The molecule has 2 N–H and O–H groups in total. The fraction of sp³-hybridized carbons (Fsp3) is 0.208. The topological polar surface area (TPSA) is 49.6 Å². The average Bonchev–Trinajstić information content (AvgIpc) is 2.80. The average molecular weight is 391 g/mol. The van der Waals surface area contributed by atoms with Crippen molar-refractivity contribution in [3.05, 3.63) is 89.7 Å². The summed E-state index contributed by atoms with van der Waals surface area (Å²) < 4.78 is 31.1. The smallest absolute Gasteiger partial charge is 0.248 e. The molecule has 0 radical (unpaired) electrons. The highest BCUT2D eigenvalue weighted by Crippen LogP contribution is 2.26. The van der Waals surface area contributed by atoms with Crippen LogP contribution in [0.1, 0.15) is 18.7 Å². The van der Waals surface area contributed by atoms with E-state index in [-0.39, 0.29) is 5.82 Å². The predicted octanol–water partition coefficient (Wildman–Crippen LogP) is 3.91. The monoisotopic (exact) mass is 391 g/mol. The van der Waals surface area contributed by atoms with Gasteiger partial charge >= 0.3 is 0 Å². The van der Waals surface area contributed by atoms with E-state index in [1.165, 1.54) is 12.1 Å². The number of piperazine rings is 1. The molecule has 29 heavy (non-hydrogen) atoms. The van der Waals surface area contributed by atoms with Crippen LogP contribution in [0, 0.1) is 5.82 Å². The first-order valence-electron chi connectivity index (χ1n) is 10.6. The maximum atomic E-state index is 13.4. The molecule has 1 aliphatic rings. The van der Waals surface area contributed by atoms with E-state index in [9.17, 15) is 9.18 Å². The van der Waals surface area contributed by atoms with Crippen LogP contribution in [0.2, 0.25) is 0 Å². The van der Waals surface area contributed by atoms with Gasteiger partial charge in [-0.1, -0.05) is 36.4 Å². The molecule has 1 heterocycles. The van der Waals surface area contributed by atoms with Crippen molar-refractivity contribution in [2.45, 2.75) is 6.50 Å². The second-order valence-corrected chi connectivity index (χ2v) is 7.05. The third kappa shape index (κ3) is 4.46. The van der Waals surface area contributed by atoms with Gasteiger partial charge in [0, 0.05) is 46.7 Å². The fourth-order valence-corrected chi connectivity index (χ4v) is 3.55. The molecule has 3 aromatic carbocycles. The van der Waals surface area contributed by atoms with Crippen molar-refractivity contribution in [3.63, 3.8) is 0 Å². The predicted molar refractivity (Wildman–Crippen MR) is 114 cm³/mol. The van der Waals surface area contributed by atoms with E-state index in [1.807, 2.05) is 35.2 Å². The minimum absolute atomic E-state index is 0.316. The van der Waals surface area contributed by atoms with Crippen LogP contribution < -0.4 is 10.6 Å². The third-order valence-corrected chi connectivity index (χ3v) is 5.16. The number of nitrogens with two attached hydrogens (primary N) is 1. The quantitative estimate of drug-likeness (QED) is 0.717. The van der Waals surface area contributed by atoms with Gasteiger partial charge in [-0.05, 0) is 53.1 Å². The van der Waals surface area contributed by atoms with Gasteiger partial charge in [0.1, 0.15) is 5.82 Å². The highest BCUT2D eigenvalue weighted by Gasteiger charge is 2.18. The van der Waals surface area contributed by atoms with Crippen LogP contribution in [0.5, 0.6) is 0 Å². The maximum absolute atomic E-state index is 13.4. The molecule has 3 aromatic rings. The van der Waals surface area contributed by atoms with Crippen LogP contribution in [0.4, 0.5) is 10.1 Å². The van der Waals surface area contributed by atoms with Crippen molar-refractivity contribution < 1.29 is 11.9 Å². The van der Waals surface area contributed by atoms with Crippen molar-refractivity contribution in [2.75, 3.05) is 31.1 Å². The molecular formula is C24H24FN3O. The number of primary amides is 1. The number of carbonyl (C=O) groups excluding carboxylic acids is 1. The first-order chi connectivity index (χ1) is 14.9. The zero-order valence-electron chi connectivity index (χ0n) is 18.0. The minimum atomic E-state index is -1.67. The van der Waals surface area contributed by atoms with Gasteiger partial charge in [-0.25, -0.2) is 4.39 Å². The lowest BCUT2D eigenvalue weighted by Crippen LogP contribution is -2.46. The Morgan fingerprint density at radius 1 is 0.931 bits per heavy atom. The Labute approximate surface area is 173 Å². The van der Waals surface area contributed by atoms with Gasteiger partial charge in [-0.2, -0.15) is 0 Å². The number of hydrogen-bond acceptors (Lipinski definition) is 3. The van der Waals surface area contributed by atoms with Crippen LogP contribution in [0.25, 0.3) is 11.1 Å². The van der Waals surface area contributed by atoms with Crippen molar-refractivity contribution in [2.24, 2.45) is 5.73 Å². The molecular weight excluding hydrogens is 365 g/mol. The number of rotatable bonds is 5. The Hall–Kier alpha value is -3.18. The first kappa shape index (κ1) is 16.7. The summed E-state index contributed by atoms with van der Waals surface area (Å²) >= 11 is 0. The van der Waals surface area contributed by atoms with E-state index in [0.717, 1.165) is 16.8 Å². The molecule has 0 aliphatic carbocycles. The van der Waals surface area contributed by atoms with Gasteiger partial charge in [0.25, 0.3) is 0 Å². The number of carbonyl (C=O) groups is 1. The number of anilines is 1. The van der Waals surface area contributed by atoms with E-state index in [2.05, 4.69) is 4.90 Å². The summed E-state index contributed by atoms with van der Waals surface area (Å²) in [4.78, 5) is 15.3. The number of amides is 1. The highest BCUT2D eigenvalue weighted by atomic mass is 19.1. The van der Waals surface area contributed by atoms with Crippen LogP contribution in [0.3, 0.4) is 0 Å². The van der Waals surface area contributed by atoms with Crippen molar-refractivity contribution in [1.82, 2.24) is 4.90 Å². The van der Waals surface area contributed by atoms with Crippen LogP contribution in [-0.2, 0) is 6.50 Å². The van der Waals surface area contributed by atoms with Gasteiger partial charge in [-0.3, -0.25) is 9.69 Å². The molecule has 0 bridgehead atoms. The zero-order valence-corrected chi connectivity index (χ0v) is 16.0. The zero-order chi connectivity index (χ0) is 22.0. The van der Waals surface area contributed by atoms with E-state index < -0.39 is 12.4 Å². The second kappa shape index (κ2) is 8.45. The van der Waals surface area contributed by atoms with Crippen molar-refractivity contribution >= 4 is 11.6 Å². The standard InChI is InChI=1S/C24H24FN3O/c25-21-9-5-18(6-10-21)23-4-2-1-3-20(23)17-27-13-15-28(16-14-27)22-11-7-19(8-12-22)24(26)29/h1-12H,13-17H2,(H2,26,29)/i17D2. The largest absolute Gasteiger partial charge is 0.369 e. The third-order valence-electron chi connectivity index (χ3n) is 5.16. The van der Waals surface area contributed by atoms with Gasteiger partial charge in [0.15, 0.2) is 0 Å².